The molecular formula is C15H23ClN2O2. The van der Waals surface area contributed by atoms with Gasteiger partial charge in [0.25, 0.3) is 0 Å². The van der Waals surface area contributed by atoms with Crippen LogP contribution in [0.1, 0.15) is 38.2 Å². The van der Waals surface area contributed by atoms with Crippen molar-refractivity contribution in [2.24, 2.45) is 5.73 Å². The van der Waals surface area contributed by atoms with Gasteiger partial charge in [-0.15, -0.1) is 12.4 Å². The first-order valence-electron chi connectivity index (χ1n) is 6.93. The van der Waals surface area contributed by atoms with Crippen LogP contribution in [-0.4, -0.2) is 18.1 Å². The normalized spacial score (nSPS) is 16.3. The smallest absolute Gasteiger partial charge is 0.240 e. The van der Waals surface area contributed by atoms with Crippen LogP contribution in [0, 0.1) is 0 Å². The zero-order valence-electron chi connectivity index (χ0n) is 11.9. The minimum Gasteiger partial charge on any atom is -0.494 e. The summed E-state index contributed by atoms with van der Waals surface area (Å²) in [5.41, 5.74) is 6.44. The number of carbonyl (C=O) groups excluding carboxylic acids is 1. The number of ether oxygens (including phenoxy) is 1. The molecule has 4 nitrogen and oxygen atoms in total. The lowest BCUT2D eigenvalue weighted by Crippen LogP contribution is -2.51. The van der Waals surface area contributed by atoms with Crippen LogP contribution in [0.25, 0.3) is 0 Å². The monoisotopic (exact) mass is 298 g/mol. The van der Waals surface area contributed by atoms with Crippen LogP contribution >= 0.6 is 12.4 Å². The SMILES string of the molecule is CCOc1ccccc1CNC(=O)C1(N)CCCC1.Cl. The molecule has 0 heterocycles. The Bertz CT molecular complexity index is 445. The van der Waals surface area contributed by atoms with Crippen molar-refractivity contribution < 1.29 is 9.53 Å². The summed E-state index contributed by atoms with van der Waals surface area (Å²) in [6.45, 7) is 3.03. The molecule has 0 atom stereocenters. The van der Waals surface area contributed by atoms with Crippen molar-refractivity contribution in [1.29, 1.82) is 0 Å². The van der Waals surface area contributed by atoms with Crippen molar-refractivity contribution >= 4 is 18.3 Å². The van der Waals surface area contributed by atoms with Crippen molar-refractivity contribution in [2.75, 3.05) is 6.61 Å². The first-order valence-corrected chi connectivity index (χ1v) is 6.93. The van der Waals surface area contributed by atoms with Crippen LogP contribution < -0.4 is 15.8 Å². The lowest BCUT2D eigenvalue weighted by molar-refractivity contribution is -0.126. The maximum atomic E-state index is 12.1. The number of nitrogens with two attached hydrogens (primary N) is 1. The standard InChI is InChI=1S/C15H22N2O2.ClH/c1-2-19-13-8-4-3-7-12(13)11-17-14(18)15(16)9-5-6-10-15;/h3-4,7-8H,2,5-6,9-11,16H2,1H3,(H,17,18);1H. The number of amides is 1. The number of para-hydroxylation sites is 1. The molecule has 112 valence electrons. The largest absolute Gasteiger partial charge is 0.494 e. The summed E-state index contributed by atoms with van der Waals surface area (Å²) >= 11 is 0. The summed E-state index contributed by atoms with van der Waals surface area (Å²) in [5, 5.41) is 2.94. The first-order chi connectivity index (χ1) is 9.15. The van der Waals surface area contributed by atoms with E-state index in [1.165, 1.54) is 0 Å². The second-order valence-corrected chi connectivity index (χ2v) is 5.09. The molecule has 1 aromatic rings. The Labute approximate surface area is 126 Å². The van der Waals surface area contributed by atoms with Crippen molar-refractivity contribution in [3.63, 3.8) is 0 Å². The highest BCUT2D eigenvalue weighted by atomic mass is 35.5. The number of hydrogen-bond acceptors (Lipinski definition) is 3. The molecule has 0 unspecified atom stereocenters. The van der Waals surface area contributed by atoms with Crippen molar-refractivity contribution in [1.82, 2.24) is 5.32 Å². The molecule has 5 heteroatoms. The van der Waals surface area contributed by atoms with Gasteiger partial charge in [-0.05, 0) is 25.8 Å². The fourth-order valence-corrected chi connectivity index (χ4v) is 2.53. The second-order valence-electron chi connectivity index (χ2n) is 5.09. The van der Waals surface area contributed by atoms with Crippen LogP contribution in [0.15, 0.2) is 24.3 Å². The molecule has 1 aliphatic carbocycles. The number of carbonyl (C=O) groups is 1. The van der Waals surface area contributed by atoms with Gasteiger partial charge in [-0.25, -0.2) is 0 Å². The molecule has 20 heavy (non-hydrogen) atoms. The third kappa shape index (κ3) is 3.87. The number of nitrogens with one attached hydrogen (secondary N) is 1. The third-order valence-corrected chi connectivity index (χ3v) is 3.66. The zero-order chi connectivity index (χ0) is 13.7. The highest BCUT2D eigenvalue weighted by Gasteiger charge is 2.36. The molecule has 0 saturated heterocycles. The van der Waals surface area contributed by atoms with Crippen molar-refractivity contribution in [2.45, 2.75) is 44.7 Å². The molecule has 1 saturated carbocycles. The fraction of sp³-hybridized carbons (Fsp3) is 0.533. The Hall–Kier alpha value is -1.26. The Kier molecular flexibility index (Phi) is 6.30. The highest BCUT2D eigenvalue weighted by molar-refractivity contribution is 5.86. The average molecular weight is 299 g/mol. The van der Waals surface area contributed by atoms with Gasteiger partial charge in [-0.2, -0.15) is 0 Å². The number of halogens is 1. The Morgan fingerprint density at radius 1 is 1.35 bits per heavy atom. The van der Waals surface area contributed by atoms with Crippen LogP contribution in [0.3, 0.4) is 0 Å². The van der Waals surface area contributed by atoms with Gasteiger partial charge in [0.1, 0.15) is 5.75 Å². The van der Waals surface area contributed by atoms with E-state index in [4.69, 9.17) is 10.5 Å². The zero-order valence-corrected chi connectivity index (χ0v) is 12.7. The molecule has 3 N–H and O–H groups in total. The Morgan fingerprint density at radius 2 is 2.00 bits per heavy atom. The Balaban J connectivity index is 0.00000200. The minimum absolute atomic E-state index is 0. The van der Waals surface area contributed by atoms with E-state index in [0.717, 1.165) is 37.0 Å². The quantitative estimate of drug-likeness (QED) is 0.877. The van der Waals surface area contributed by atoms with E-state index in [0.29, 0.717) is 13.2 Å². The predicted molar refractivity (Wildman–Crippen MR) is 82.1 cm³/mol. The average Bonchev–Trinajstić information content (AvgIpc) is 2.86. The molecule has 0 aliphatic heterocycles. The van der Waals surface area contributed by atoms with E-state index in [2.05, 4.69) is 5.32 Å². The molecule has 1 fully saturated rings. The lowest BCUT2D eigenvalue weighted by Gasteiger charge is -2.22. The van der Waals surface area contributed by atoms with Gasteiger partial charge in [0.15, 0.2) is 0 Å². The third-order valence-electron chi connectivity index (χ3n) is 3.66. The summed E-state index contributed by atoms with van der Waals surface area (Å²) in [4.78, 5) is 12.1. The van der Waals surface area contributed by atoms with Crippen LogP contribution in [0.2, 0.25) is 0 Å². The van der Waals surface area contributed by atoms with E-state index in [1.807, 2.05) is 31.2 Å². The number of hydrogen-bond donors (Lipinski definition) is 2. The Morgan fingerprint density at radius 3 is 2.65 bits per heavy atom. The first kappa shape index (κ1) is 16.8. The lowest BCUT2D eigenvalue weighted by atomic mass is 9.98. The van der Waals surface area contributed by atoms with Crippen LogP contribution in [0.5, 0.6) is 5.75 Å². The van der Waals surface area contributed by atoms with E-state index >= 15 is 0 Å². The fourth-order valence-electron chi connectivity index (χ4n) is 2.53. The van der Waals surface area contributed by atoms with Crippen molar-refractivity contribution in [3.05, 3.63) is 29.8 Å². The second kappa shape index (κ2) is 7.50. The highest BCUT2D eigenvalue weighted by Crippen LogP contribution is 2.27. The van der Waals surface area contributed by atoms with E-state index < -0.39 is 5.54 Å². The number of benzene rings is 1. The van der Waals surface area contributed by atoms with Gasteiger partial charge in [-0.3, -0.25) is 4.79 Å². The summed E-state index contributed by atoms with van der Waals surface area (Å²) in [7, 11) is 0. The van der Waals surface area contributed by atoms with E-state index in [-0.39, 0.29) is 18.3 Å². The minimum atomic E-state index is -0.666. The molecule has 0 aromatic heterocycles. The van der Waals surface area contributed by atoms with E-state index in [1.54, 1.807) is 0 Å². The summed E-state index contributed by atoms with van der Waals surface area (Å²) in [6, 6.07) is 7.75. The van der Waals surface area contributed by atoms with Gasteiger partial charge in [0.05, 0.1) is 12.1 Å². The van der Waals surface area contributed by atoms with Crippen LogP contribution in [0.4, 0.5) is 0 Å². The van der Waals surface area contributed by atoms with Gasteiger partial charge in [0.2, 0.25) is 5.91 Å². The molecule has 0 bridgehead atoms. The van der Waals surface area contributed by atoms with Gasteiger partial charge in [0, 0.05) is 12.1 Å². The summed E-state index contributed by atoms with van der Waals surface area (Å²) < 4.78 is 5.54. The molecule has 0 spiro atoms. The maximum absolute atomic E-state index is 12.1. The molecular weight excluding hydrogens is 276 g/mol. The summed E-state index contributed by atoms with van der Waals surface area (Å²) in [5.74, 6) is 0.777. The topological polar surface area (TPSA) is 64.3 Å². The molecule has 2 rings (SSSR count). The number of rotatable bonds is 5. The van der Waals surface area contributed by atoms with Gasteiger partial charge in [-0.1, -0.05) is 31.0 Å². The van der Waals surface area contributed by atoms with Gasteiger partial charge < -0.3 is 15.8 Å². The van der Waals surface area contributed by atoms with E-state index in [9.17, 15) is 4.79 Å². The van der Waals surface area contributed by atoms with Crippen LogP contribution in [-0.2, 0) is 11.3 Å². The molecule has 1 aromatic carbocycles. The van der Waals surface area contributed by atoms with Crippen molar-refractivity contribution in [3.8, 4) is 5.75 Å². The predicted octanol–water partition coefficient (Wildman–Crippen LogP) is 2.39. The van der Waals surface area contributed by atoms with Gasteiger partial charge >= 0.3 is 0 Å². The molecule has 1 amide bonds. The molecule has 1 aliphatic rings. The maximum Gasteiger partial charge on any atom is 0.240 e. The molecule has 0 radical (unpaired) electrons. The summed E-state index contributed by atoms with van der Waals surface area (Å²) in [6.07, 6.45) is 3.65.